The third kappa shape index (κ3) is 5.12. The second-order valence-corrected chi connectivity index (χ2v) is 7.65. The van der Waals surface area contributed by atoms with Gasteiger partial charge in [0, 0.05) is 51.9 Å². The highest BCUT2D eigenvalue weighted by atomic mass is 19.4. The van der Waals surface area contributed by atoms with Gasteiger partial charge in [-0.1, -0.05) is 6.07 Å². The van der Waals surface area contributed by atoms with E-state index >= 15 is 0 Å². The maximum atomic E-state index is 13.0. The molecule has 0 aromatic carbocycles. The molecule has 0 spiro atoms. The Hall–Kier alpha value is -1.38. The topological polar surface area (TPSA) is 42.8 Å². The summed E-state index contributed by atoms with van der Waals surface area (Å²) in [6.45, 7) is 5.68. The van der Waals surface area contributed by atoms with E-state index in [9.17, 15) is 18.3 Å². The molecule has 1 aromatic rings. The summed E-state index contributed by atoms with van der Waals surface area (Å²) < 4.78 is 39.0. The lowest BCUT2D eigenvalue weighted by atomic mass is 9.86. The molecule has 0 bridgehead atoms. The quantitative estimate of drug-likeness (QED) is 0.841. The van der Waals surface area contributed by atoms with Crippen molar-refractivity contribution in [1.82, 2.24) is 14.8 Å². The molecule has 2 fully saturated rings. The van der Waals surface area contributed by atoms with Crippen molar-refractivity contribution >= 4 is 5.82 Å². The summed E-state index contributed by atoms with van der Waals surface area (Å²) in [7, 11) is 2.13. The predicted octanol–water partition coefficient (Wildman–Crippen LogP) is 2.32. The highest BCUT2D eigenvalue weighted by Crippen LogP contribution is 2.32. The van der Waals surface area contributed by atoms with Crippen LogP contribution in [0.2, 0.25) is 0 Å². The molecule has 0 unspecified atom stereocenters. The molecule has 2 aliphatic heterocycles. The van der Waals surface area contributed by atoms with Gasteiger partial charge < -0.3 is 14.9 Å². The van der Waals surface area contributed by atoms with E-state index in [0.29, 0.717) is 30.9 Å². The number of rotatable bonds is 5. The zero-order valence-electron chi connectivity index (χ0n) is 15.8. The Morgan fingerprint density at radius 3 is 2.56 bits per heavy atom. The lowest BCUT2D eigenvalue weighted by Crippen LogP contribution is -2.56. The van der Waals surface area contributed by atoms with Gasteiger partial charge in [0.15, 0.2) is 0 Å². The van der Waals surface area contributed by atoms with Crippen LogP contribution in [-0.2, 0) is 6.18 Å². The molecular formula is C19H29F3N4O. The van der Waals surface area contributed by atoms with E-state index in [2.05, 4.69) is 21.8 Å². The molecule has 152 valence electrons. The van der Waals surface area contributed by atoms with Crippen LogP contribution < -0.4 is 4.90 Å². The van der Waals surface area contributed by atoms with Crippen molar-refractivity contribution in [2.24, 2.45) is 5.92 Å². The number of nitrogens with zero attached hydrogens (tertiary/aromatic N) is 4. The van der Waals surface area contributed by atoms with Gasteiger partial charge in [-0.25, -0.2) is 4.98 Å². The van der Waals surface area contributed by atoms with Crippen LogP contribution in [0.5, 0.6) is 0 Å². The molecule has 5 nitrogen and oxygen atoms in total. The Morgan fingerprint density at radius 2 is 1.89 bits per heavy atom. The average molecular weight is 386 g/mol. The molecule has 2 aliphatic rings. The molecule has 3 heterocycles. The van der Waals surface area contributed by atoms with Gasteiger partial charge in [0.25, 0.3) is 0 Å². The first-order valence-corrected chi connectivity index (χ1v) is 9.71. The van der Waals surface area contributed by atoms with Crippen molar-refractivity contribution in [3.8, 4) is 0 Å². The van der Waals surface area contributed by atoms with E-state index in [4.69, 9.17) is 0 Å². The minimum Gasteiger partial charge on any atom is -0.396 e. The zero-order valence-corrected chi connectivity index (χ0v) is 15.8. The van der Waals surface area contributed by atoms with Crippen molar-refractivity contribution in [2.45, 2.75) is 31.5 Å². The fraction of sp³-hybridized carbons (Fsp3) is 0.737. The fourth-order valence-corrected chi connectivity index (χ4v) is 4.26. The van der Waals surface area contributed by atoms with Gasteiger partial charge >= 0.3 is 6.18 Å². The second-order valence-electron chi connectivity index (χ2n) is 7.65. The summed E-state index contributed by atoms with van der Waals surface area (Å²) in [5.74, 6) is 0.723. The number of hydrogen-bond donors (Lipinski definition) is 1. The summed E-state index contributed by atoms with van der Waals surface area (Å²) in [4.78, 5) is 10.7. The van der Waals surface area contributed by atoms with Gasteiger partial charge in [0.05, 0.1) is 0 Å². The first-order valence-electron chi connectivity index (χ1n) is 9.71. The Balaban J connectivity index is 1.72. The molecule has 27 heavy (non-hydrogen) atoms. The third-order valence-electron chi connectivity index (χ3n) is 5.78. The van der Waals surface area contributed by atoms with Crippen LogP contribution >= 0.6 is 0 Å². The van der Waals surface area contributed by atoms with E-state index in [-0.39, 0.29) is 6.61 Å². The number of piperazine rings is 1. The fourth-order valence-electron chi connectivity index (χ4n) is 4.26. The standard InChI is InChI=1S/C19H29F3N4O/c1-24-9-11-25(12-10-24)16-7-8-26(14-15(16)4-3-13-27)18-6-2-5-17(23-18)19(20,21)22/h2,5-6,15-16,27H,3-4,7-14H2,1H3/t15-,16+/m1/s1. The number of halogens is 3. The van der Waals surface area contributed by atoms with Gasteiger partial charge in [-0.15, -0.1) is 0 Å². The summed E-state index contributed by atoms with van der Waals surface area (Å²) in [6.07, 6.45) is -1.91. The molecule has 1 aromatic heterocycles. The van der Waals surface area contributed by atoms with Crippen LogP contribution in [0.4, 0.5) is 19.0 Å². The van der Waals surface area contributed by atoms with E-state index in [1.807, 2.05) is 4.90 Å². The molecule has 0 aliphatic carbocycles. The number of piperidine rings is 1. The number of aliphatic hydroxyl groups excluding tert-OH is 1. The van der Waals surface area contributed by atoms with Crippen LogP contribution in [0.1, 0.15) is 25.0 Å². The molecule has 0 radical (unpaired) electrons. The molecule has 8 heteroatoms. The second kappa shape index (κ2) is 8.75. The van der Waals surface area contributed by atoms with E-state index in [0.717, 1.165) is 51.5 Å². The number of anilines is 1. The van der Waals surface area contributed by atoms with E-state index in [1.165, 1.54) is 6.07 Å². The highest BCUT2D eigenvalue weighted by Gasteiger charge is 2.36. The SMILES string of the molecule is CN1CCN([C@H]2CCN(c3cccc(C(F)(F)F)n3)C[C@H]2CCCO)CC1. The van der Waals surface area contributed by atoms with Gasteiger partial charge in [-0.05, 0) is 44.4 Å². The smallest absolute Gasteiger partial charge is 0.396 e. The number of aliphatic hydroxyl groups is 1. The van der Waals surface area contributed by atoms with E-state index in [1.54, 1.807) is 6.07 Å². The molecular weight excluding hydrogens is 357 g/mol. The van der Waals surface area contributed by atoms with Crippen LogP contribution in [0.15, 0.2) is 18.2 Å². The van der Waals surface area contributed by atoms with Crippen molar-refractivity contribution in [3.63, 3.8) is 0 Å². The van der Waals surface area contributed by atoms with Gasteiger partial charge in [-0.3, -0.25) is 4.90 Å². The Labute approximate surface area is 158 Å². The number of likely N-dealkylation sites (N-methyl/N-ethyl adjacent to an activating group) is 1. The minimum atomic E-state index is -4.43. The molecule has 0 saturated carbocycles. The summed E-state index contributed by atoms with van der Waals surface area (Å²) in [6, 6.07) is 4.53. The third-order valence-corrected chi connectivity index (χ3v) is 5.78. The first kappa shape index (κ1) is 20.4. The molecule has 0 amide bonds. The van der Waals surface area contributed by atoms with Crippen molar-refractivity contribution < 1.29 is 18.3 Å². The molecule has 2 atom stereocenters. The maximum Gasteiger partial charge on any atom is 0.433 e. The number of alkyl halides is 3. The van der Waals surface area contributed by atoms with Crippen LogP contribution in [0, 0.1) is 5.92 Å². The molecule has 1 N–H and O–H groups in total. The average Bonchev–Trinajstić information content (AvgIpc) is 2.66. The maximum absolute atomic E-state index is 13.0. The highest BCUT2D eigenvalue weighted by molar-refractivity contribution is 5.40. The largest absolute Gasteiger partial charge is 0.433 e. The number of aromatic nitrogens is 1. The lowest BCUT2D eigenvalue weighted by molar-refractivity contribution is -0.141. The van der Waals surface area contributed by atoms with Gasteiger partial charge in [0.1, 0.15) is 11.5 Å². The summed E-state index contributed by atoms with van der Waals surface area (Å²) in [5.41, 5.74) is -0.840. The minimum absolute atomic E-state index is 0.147. The monoisotopic (exact) mass is 386 g/mol. The Morgan fingerprint density at radius 1 is 1.15 bits per heavy atom. The Bertz CT molecular complexity index is 605. The number of hydrogen-bond acceptors (Lipinski definition) is 5. The van der Waals surface area contributed by atoms with Crippen molar-refractivity contribution in [1.29, 1.82) is 0 Å². The zero-order chi connectivity index (χ0) is 19.4. The molecule has 2 saturated heterocycles. The normalized spacial score (nSPS) is 25.7. The predicted molar refractivity (Wildman–Crippen MR) is 98.7 cm³/mol. The van der Waals surface area contributed by atoms with Crippen LogP contribution in [0.3, 0.4) is 0 Å². The summed E-state index contributed by atoms with van der Waals surface area (Å²) >= 11 is 0. The van der Waals surface area contributed by atoms with Gasteiger partial charge in [0.2, 0.25) is 0 Å². The molecule has 3 rings (SSSR count). The van der Waals surface area contributed by atoms with Crippen molar-refractivity contribution in [2.75, 3.05) is 57.8 Å². The van der Waals surface area contributed by atoms with Crippen LogP contribution in [0.25, 0.3) is 0 Å². The van der Waals surface area contributed by atoms with E-state index < -0.39 is 11.9 Å². The summed E-state index contributed by atoms with van der Waals surface area (Å²) in [5, 5.41) is 9.27. The number of pyridine rings is 1. The first-order chi connectivity index (χ1) is 12.9. The van der Waals surface area contributed by atoms with Crippen molar-refractivity contribution in [3.05, 3.63) is 23.9 Å². The van der Waals surface area contributed by atoms with Gasteiger partial charge in [-0.2, -0.15) is 13.2 Å². The Kier molecular flexibility index (Phi) is 6.60. The lowest BCUT2D eigenvalue weighted by Gasteiger charge is -2.46. The van der Waals surface area contributed by atoms with Crippen LogP contribution in [-0.4, -0.2) is 78.9 Å².